The molecule has 1 fully saturated rings. The number of carbonyl (C=O) groups is 1. The van der Waals surface area contributed by atoms with Crippen molar-refractivity contribution in [2.45, 2.75) is 51.5 Å². The second kappa shape index (κ2) is 9.56. The van der Waals surface area contributed by atoms with Crippen LogP contribution in [0.4, 0.5) is 0 Å². The summed E-state index contributed by atoms with van der Waals surface area (Å²) in [5.41, 5.74) is 5.89. The largest absolute Gasteiger partial charge is 0.494 e. The summed E-state index contributed by atoms with van der Waals surface area (Å²) in [5, 5.41) is 3.17. The summed E-state index contributed by atoms with van der Waals surface area (Å²) in [5.74, 6) is 1.44. The quantitative estimate of drug-likeness (QED) is 0.774. The van der Waals surface area contributed by atoms with Gasteiger partial charge in [0.15, 0.2) is 0 Å². The molecule has 2 atom stereocenters. The van der Waals surface area contributed by atoms with Crippen LogP contribution in [0, 0.1) is 11.8 Å². The van der Waals surface area contributed by atoms with Crippen molar-refractivity contribution in [3.8, 4) is 5.75 Å². The molecule has 0 aliphatic heterocycles. The van der Waals surface area contributed by atoms with Gasteiger partial charge in [-0.2, -0.15) is 0 Å². The zero-order chi connectivity index (χ0) is 16.5. The fourth-order valence-corrected chi connectivity index (χ4v) is 3.23. The molecular weight excluding hydrogens is 288 g/mol. The van der Waals surface area contributed by atoms with Gasteiger partial charge in [-0.3, -0.25) is 4.79 Å². The Balaban J connectivity index is 1.72. The van der Waals surface area contributed by atoms with Crippen LogP contribution in [0.2, 0.25) is 0 Å². The summed E-state index contributed by atoms with van der Waals surface area (Å²) in [6.45, 7) is 3.04. The Morgan fingerprint density at radius 2 is 1.96 bits per heavy atom. The molecule has 0 aromatic heterocycles. The van der Waals surface area contributed by atoms with Gasteiger partial charge in [-0.05, 0) is 37.3 Å². The highest BCUT2D eigenvalue weighted by Crippen LogP contribution is 2.26. The molecule has 4 nitrogen and oxygen atoms in total. The fraction of sp³-hybridized carbons (Fsp3) is 0.632. The Morgan fingerprint density at radius 1 is 1.26 bits per heavy atom. The number of benzene rings is 1. The minimum Gasteiger partial charge on any atom is -0.494 e. The van der Waals surface area contributed by atoms with Crippen LogP contribution in [0.1, 0.15) is 45.4 Å². The van der Waals surface area contributed by atoms with E-state index in [0.717, 1.165) is 5.75 Å². The van der Waals surface area contributed by atoms with Gasteiger partial charge in [-0.25, -0.2) is 0 Å². The van der Waals surface area contributed by atoms with Gasteiger partial charge in [-0.15, -0.1) is 0 Å². The van der Waals surface area contributed by atoms with E-state index in [2.05, 4.69) is 5.32 Å². The van der Waals surface area contributed by atoms with E-state index in [-0.39, 0.29) is 17.9 Å². The highest BCUT2D eigenvalue weighted by atomic mass is 16.5. The zero-order valence-corrected chi connectivity index (χ0v) is 14.2. The van der Waals surface area contributed by atoms with Crippen molar-refractivity contribution < 1.29 is 9.53 Å². The van der Waals surface area contributed by atoms with Crippen molar-refractivity contribution in [1.29, 1.82) is 0 Å². The van der Waals surface area contributed by atoms with E-state index in [1.165, 1.54) is 32.1 Å². The number of hydrogen-bond donors (Lipinski definition) is 2. The molecule has 1 aliphatic carbocycles. The number of carbonyl (C=O) groups excluding carboxylic acids is 1. The maximum absolute atomic E-state index is 12.4. The maximum Gasteiger partial charge on any atom is 0.223 e. The lowest BCUT2D eigenvalue weighted by Crippen LogP contribution is -2.47. The second-order valence-electron chi connectivity index (χ2n) is 6.60. The third kappa shape index (κ3) is 5.87. The number of nitrogens with one attached hydrogen (secondary N) is 1. The Hall–Kier alpha value is -1.55. The molecule has 0 radical (unpaired) electrons. The van der Waals surface area contributed by atoms with Crippen molar-refractivity contribution in [2.75, 3.05) is 13.2 Å². The SMILES string of the molecule is CC(CCOc1ccccc1)C(=O)NC(CN)C1CCCCC1. The Labute approximate surface area is 139 Å². The lowest BCUT2D eigenvalue weighted by atomic mass is 9.83. The normalized spacial score (nSPS) is 18.2. The van der Waals surface area contributed by atoms with Crippen LogP contribution in [0.25, 0.3) is 0 Å². The molecule has 0 spiro atoms. The Kier molecular flexibility index (Phi) is 7.40. The smallest absolute Gasteiger partial charge is 0.223 e. The van der Waals surface area contributed by atoms with Crippen LogP contribution < -0.4 is 15.8 Å². The molecule has 1 aromatic rings. The molecule has 0 heterocycles. The van der Waals surface area contributed by atoms with Crippen molar-refractivity contribution in [2.24, 2.45) is 17.6 Å². The Morgan fingerprint density at radius 3 is 2.61 bits per heavy atom. The van der Waals surface area contributed by atoms with E-state index < -0.39 is 0 Å². The Bertz CT molecular complexity index is 458. The van der Waals surface area contributed by atoms with E-state index in [1.807, 2.05) is 37.3 Å². The zero-order valence-electron chi connectivity index (χ0n) is 14.2. The topological polar surface area (TPSA) is 64.3 Å². The minimum atomic E-state index is -0.0589. The van der Waals surface area contributed by atoms with Gasteiger partial charge in [0.25, 0.3) is 0 Å². The lowest BCUT2D eigenvalue weighted by Gasteiger charge is -2.30. The van der Waals surface area contributed by atoms with Gasteiger partial charge >= 0.3 is 0 Å². The number of amides is 1. The van der Waals surface area contributed by atoms with Crippen molar-refractivity contribution in [3.63, 3.8) is 0 Å². The summed E-state index contributed by atoms with van der Waals surface area (Å²) in [6, 6.07) is 9.83. The predicted octanol–water partition coefficient (Wildman–Crippen LogP) is 3.12. The van der Waals surface area contributed by atoms with E-state index in [0.29, 0.717) is 25.5 Å². The molecule has 1 aliphatic rings. The third-order valence-corrected chi connectivity index (χ3v) is 4.81. The van der Waals surface area contributed by atoms with Gasteiger partial charge in [-0.1, -0.05) is 44.4 Å². The first-order valence-electron chi connectivity index (χ1n) is 8.89. The predicted molar refractivity (Wildman–Crippen MR) is 93.3 cm³/mol. The van der Waals surface area contributed by atoms with Crippen molar-refractivity contribution >= 4 is 5.91 Å². The van der Waals surface area contributed by atoms with Gasteiger partial charge < -0.3 is 15.8 Å². The minimum absolute atomic E-state index is 0.0589. The van der Waals surface area contributed by atoms with Crippen molar-refractivity contribution in [3.05, 3.63) is 30.3 Å². The highest BCUT2D eigenvalue weighted by Gasteiger charge is 2.25. The fourth-order valence-electron chi connectivity index (χ4n) is 3.23. The first kappa shape index (κ1) is 17.8. The number of ether oxygens (including phenoxy) is 1. The summed E-state index contributed by atoms with van der Waals surface area (Å²) in [6.07, 6.45) is 6.92. The maximum atomic E-state index is 12.4. The van der Waals surface area contributed by atoms with Crippen LogP contribution >= 0.6 is 0 Å². The van der Waals surface area contributed by atoms with E-state index in [1.54, 1.807) is 0 Å². The lowest BCUT2D eigenvalue weighted by molar-refractivity contribution is -0.126. The van der Waals surface area contributed by atoms with Crippen LogP contribution in [0.3, 0.4) is 0 Å². The molecule has 1 amide bonds. The van der Waals surface area contributed by atoms with Crippen LogP contribution in [0.15, 0.2) is 30.3 Å². The average molecular weight is 318 g/mol. The highest BCUT2D eigenvalue weighted by molar-refractivity contribution is 5.78. The van der Waals surface area contributed by atoms with E-state index >= 15 is 0 Å². The summed E-state index contributed by atoms with van der Waals surface area (Å²) >= 11 is 0. The number of para-hydroxylation sites is 1. The monoisotopic (exact) mass is 318 g/mol. The molecule has 23 heavy (non-hydrogen) atoms. The molecule has 0 saturated heterocycles. The van der Waals surface area contributed by atoms with Crippen LogP contribution in [-0.2, 0) is 4.79 Å². The third-order valence-electron chi connectivity index (χ3n) is 4.81. The molecular formula is C19H30N2O2. The summed E-state index contributed by atoms with van der Waals surface area (Å²) in [4.78, 5) is 12.4. The van der Waals surface area contributed by atoms with E-state index in [4.69, 9.17) is 10.5 Å². The molecule has 2 rings (SSSR count). The van der Waals surface area contributed by atoms with Gasteiger partial charge in [0.2, 0.25) is 5.91 Å². The summed E-state index contributed by atoms with van der Waals surface area (Å²) < 4.78 is 5.67. The number of hydrogen-bond acceptors (Lipinski definition) is 3. The second-order valence-corrected chi connectivity index (χ2v) is 6.60. The molecule has 3 N–H and O–H groups in total. The van der Waals surface area contributed by atoms with E-state index in [9.17, 15) is 4.79 Å². The molecule has 1 saturated carbocycles. The molecule has 4 heteroatoms. The van der Waals surface area contributed by atoms with Gasteiger partial charge in [0, 0.05) is 18.5 Å². The van der Waals surface area contributed by atoms with Crippen LogP contribution in [-0.4, -0.2) is 25.1 Å². The summed E-state index contributed by atoms with van der Waals surface area (Å²) in [7, 11) is 0. The first-order valence-corrected chi connectivity index (χ1v) is 8.89. The molecule has 1 aromatic carbocycles. The molecule has 128 valence electrons. The van der Waals surface area contributed by atoms with Crippen molar-refractivity contribution in [1.82, 2.24) is 5.32 Å². The standard InChI is InChI=1S/C19H30N2O2/c1-15(12-13-23-17-10-6-3-7-11-17)19(22)21-18(14-20)16-8-4-2-5-9-16/h3,6-7,10-11,15-16,18H,2,4-5,8-9,12-14,20H2,1H3,(H,21,22). The van der Waals surface area contributed by atoms with Gasteiger partial charge in [0.1, 0.15) is 5.75 Å². The number of rotatable bonds is 8. The van der Waals surface area contributed by atoms with Gasteiger partial charge in [0.05, 0.1) is 6.61 Å². The van der Waals surface area contributed by atoms with Crippen LogP contribution in [0.5, 0.6) is 5.75 Å². The molecule has 0 bridgehead atoms. The molecule has 2 unspecified atom stereocenters. The average Bonchev–Trinajstić information content (AvgIpc) is 2.61. The first-order chi connectivity index (χ1) is 11.2. The number of nitrogens with two attached hydrogens (primary N) is 1.